The highest BCUT2D eigenvalue weighted by molar-refractivity contribution is 6.17. The van der Waals surface area contributed by atoms with Gasteiger partial charge in [0.05, 0.1) is 12.5 Å². The number of aromatic hydroxyl groups is 2. The van der Waals surface area contributed by atoms with Crippen LogP contribution in [-0.4, -0.2) is 16.8 Å². The van der Waals surface area contributed by atoms with E-state index < -0.39 is 0 Å². The summed E-state index contributed by atoms with van der Waals surface area (Å²) in [5.41, 5.74) is 0.463. The summed E-state index contributed by atoms with van der Waals surface area (Å²) in [6.07, 6.45) is 0. The Morgan fingerprint density at radius 1 is 1.38 bits per heavy atom. The number of alkyl halides is 1. The van der Waals surface area contributed by atoms with Crippen LogP contribution in [0, 0.1) is 0 Å². The highest BCUT2D eigenvalue weighted by atomic mass is 35.5. The van der Waals surface area contributed by atoms with Crippen LogP contribution in [0.15, 0.2) is 12.1 Å². The fraction of sp³-hybridized carbons (Fsp3) is 0.333. The van der Waals surface area contributed by atoms with E-state index in [1.165, 1.54) is 12.1 Å². The molecule has 13 heavy (non-hydrogen) atoms. The molecular weight excluding hydrogens is 192 g/mol. The third-order valence-electron chi connectivity index (χ3n) is 1.58. The maximum Gasteiger partial charge on any atom is 0.164 e. The molecule has 0 radical (unpaired) electrons. The van der Waals surface area contributed by atoms with Gasteiger partial charge in [0, 0.05) is 11.6 Å². The molecule has 0 saturated carbocycles. The fourth-order valence-electron chi connectivity index (χ4n) is 1.02. The molecule has 1 aromatic rings. The smallest absolute Gasteiger partial charge is 0.164 e. The second-order valence-electron chi connectivity index (χ2n) is 2.52. The number of halogens is 1. The Morgan fingerprint density at radius 2 is 2.08 bits per heavy atom. The van der Waals surface area contributed by atoms with Crippen molar-refractivity contribution in [2.24, 2.45) is 0 Å². The molecule has 2 N–H and O–H groups in total. The molecule has 0 saturated heterocycles. The normalized spacial score (nSPS) is 10.0. The van der Waals surface area contributed by atoms with E-state index in [2.05, 4.69) is 0 Å². The number of ether oxygens (including phenoxy) is 1. The molecule has 72 valence electrons. The Morgan fingerprint density at radius 3 is 2.62 bits per heavy atom. The second kappa shape index (κ2) is 4.23. The molecule has 0 atom stereocenters. The molecule has 0 aliphatic heterocycles. The Labute approximate surface area is 81.5 Å². The van der Waals surface area contributed by atoms with Crippen LogP contribution in [0.3, 0.4) is 0 Å². The van der Waals surface area contributed by atoms with Crippen molar-refractivity contribution in [1.29, 1.82) is 0 Å². The number of phenolic OH excluding ortho intramolecular Hbond substituents is 2. The molecule has 0 aliphatic rings. The fourth-order valence-corrected chi connectivity index (χ4v) is 1.22. The molecule has 1 rings (SSSR count). The summed E-state index contributed by atoms with van der Waals surface area (Å²) in [4.78, 5) is 0. The molecule has 0 fully saturated rings. The number of rotatable bonds is 3. The number of hydrogen-bond acceptors (Lipinski definition) is 3. The molecule has 4 heteroatoms. The van der Waals surface area contributed by atoms with Crippen LogP contribution in [0.5, 0.6) is 17.2 Å². The number of hydrogen-bond donors (Lipinski definition) is 2. The molecule has 0 bridgehead atoms. The lowest BCUT2D eigenvalue weighted by atomic mass is 10.2. The van der Waals surface area contributed by atoms with Crippen LogP contribution in [0.25, 0.3) is 0 Å². The average molecular weight is 203 g/mol. The van der Waals surface area contributed by atoms with Crippen LogP contribution in [0.2, 0.25) is 0 Å². The maximum atomic E-state index is 9.52. The van der Waals surface area contributed by atoms with Gasteiger partial charge < -0.3 is 14.9 Å². The van der Waals surface area contributed by atoms with Crippen molar-refractivity contribution in [3.63, 3.8) is 0 Å². The number of phenols is 2. The maximum absolute atomic E-state index is 9.52. The van der Waals surface area contributed by atoms with Gasteiger partial charge in [0.1, 0.15) is 5.75 Å². The SMILES string of the molecule is CCOc1cc(O)cc(CCl)c1O. The van der Waals surface area contributed by atoms with E-state index in [1.54, 1.807) is 6.92 Å². The van der Waals surface area contributed by atoms with Crippen molar-refractivity contribution in [2.75, 3.05) is 6.61 Å². The van der Waals surface area contributed by atoms with Crippen LogP contribution < -0.4 is 4.74 Å². The van der Waals surface area contributed by atoms with E-state index >= 15 is 0 Å². The standard InChI is InChI=1S/C9H11ClO3/c1-2-13-8-4-7(11)3-6(5-10)9(8)12/h3-4,11-12H,2,5H2,1H3. The molecule has 0 aliphatic carbocycles. The van der Waals surface area contributed by atoms with Gasteiger partial charge in [-0.1, -0.05) is 0 Å². The number of benzene rings is 1. The van der Waals surface area contributed by atoms with Gasteiger partial charge in [0.15, 0.2) is 11.5 Å². The van der Waals surface area contributed by atoms with Gasteiger partial charge in [0.2, 0.25) is 0 Å². The summed E-state index contributed by atoms with van der Waals surface area (Å²) in [7, 11) is 0. The quantitative estimate of drug-likeness (QED) is 0.584. The van der Waals surface area contributed by atoms with Gasteiger partial charge in [-0.05, 0) is 13.0 Å². The zero-order chi connectivity index (χ0) is 9.84. The lowest BCUT2D eigenvalue weighted by molar-refractivity contribution is 0.314. The van der Waals surface area contributed by atoms with Crippen LogP contribution in [-0.2, 0) is 5.88 Å². The second-order valence-corrected chi connectivity index (χ2v) is 2.79. The molecule has 0 heterocycles. The van der Waals surface area contributed by atoms with E-state index in [-0.39, 0.29) is 23.1 Å². The van der Waals surface area contributed by atoms with Gasteiger partial charge in [-0.25, -0.2) is 0 Å². The predicted octanol–water partition coefficient (Wildman–Crippen LogP) is 2.24. The van der Waals surface area contributed by atoms with Gasteiger partial charge in [0.25, 0.3) is 0 Å². The van der Waals surface area contributed by atoms with E-state index in [0.29, 0.717) is 12.2 Å². The highest BCUT2D eigenvalue weighted by Crippen LogP contribution is 2.35. The van der Waals surface area contributed by atoms with Crippen molar-refractivity contribution in [1.82, 2.24) is 0 Å². The lowest BCUT2D eigenvalue weighted by Crippen LogP contribution is -1.93. The Balaban J connectivity index is 3.11. The zero-order valence-electron chi connectivity index (χ0n) is 7.25. The van der Waals surface area contributed by atoms with Crippen LogP contribution >= 0.6 is 11.6 Å². The Hall–Kier alpha value is -1.09. The Kier molecular flexibility index (Phi) is 3.25. The third-order valence-corrected chi connectivity index (χ3v) is 1.87. The molecule has 0 spiro atoms. The van der Waals surface area contributed by atoms with Crippen molar-refractivity contribution in [3.8, 4) is 17.2 Å². The largest absolute Gasteiger partial charge is 0.508 e. The van der Waals surface area contributed by atoms with E-state index in [9.17, 15) is 10.2 Å². The summed E-state index contributed by atoms with van der Waals surface area (Å²) in [5.74, 6) is 0.435. The van der Waals surface area contributed by atoms with Crippen LogP contribution in [0.1, 0.15) is 12.5 Å². The predicted molar refractivity (Wildman–Crippen MR) is 50.5 cm³/mol. The zero-order valence-corrected chi connectivity index (χ0v) is 8.01. The lowest BCUT2D eigenvalue weighted by Gasteiger charge is -2.09. The minimum Gasteiger partial charge on any atom is -0.508 e. The summed E-state index contributed by atoms with van der Waals surface area (Å²) < 4.78 is 5.09. The summed E-state index contributed by atoms with van der Waals surface area (Å²) in [6, 6.07) is 2.76. The van der Waals surface area contributed by atoms with Crippen molar-refractivity contribution in [3.05, 3.63) is 17.7 Å². The van der Waals surface area contributed by atoms with Gasteiger partial charge in [-0.15, -0.1) is 11.6 Å². The molecule has 3 nitrogen and oxygen atoms in total. The highest BCUT2D eigenvalue weighted by Gasteiger charge is 2.09. The molecular formula is C9H11ClO3. The minimum atomic E-state index is -0.00495. The third kappa shape index (κ3) is 2.18. The van der Waals surface area contributed by atoms with E-state index in [1.807, 2.05) is 0 Å². The summed E-state index contributed by atoms with van der Waals surface area (Å²) in [6.45, 7) is 2.22. The molecule has 0 unspecified atom stereocenters. The van der Waals surface area contributed by atoms with Crippen molar-refractivity contribution < 1.29 is 14.9 Å². The summed E-state index contributed by atoms with van der Waals surface area (Å²) in [5, 5.41) is 18.8. The van der Waals surface area contributed by atoms with E-state index in [4.69, 9.17) is 16.3 Å². The first kappa shape index (κ1) is 9.99. The first-order chi connectivity index (χ1) is 6.19. The van der Waals surface area contributed by atoms with Crippen LogP contribution in [0.4, 0.5) is 0 Å². The molecule has 0 amide bonds. The van der Waals surface area contributed by atoms with Gasteiger partial charge in [-0.2, -0.15) is 0 Å². The average Bonchev–Trinajstić information content (AvgIpc) is 2.11. The first-order valence-electron chi connectivity index (χ1n) is 3.92. The van der Waals surface area contributed by atoms with E-state index in [0.717, 1.165) is 0 Å². The topological polar surface area (TPSA) is 49.7 Å². The van der Waals surface area contributed by atoms with Gasteiger partial charge >= 0.3 is 0 Å². The molecule has 0 aromatic heterocycles. The monoisotopic (exact) mass is 202 g/mol. The first-order valence-corrected chi connectivity index (χ1v) is 4.46. The minimum absolute atomic E-state index is 0.00495. The van der Waals surface area contributed by atoms with Crippen molar-refractivity contribution in [2.45, 2.75) is 12.8 Å². The molecule has 1 aromatic carbocycles. The van der Waals surface area contributed by atoms with Gasteiger partial charge in [-0.3, -0.25) is 0 Å². The van der Waals surface area contributed by atoms with Crippen molar-refractivity contribution >= 4 is 11.6 Å². The summed E-state index contributed by atoms with van der Waals surface area (Å²) >= 11 is 5.55. The Bertz CT molecular complexity index is 299.